The topological polar surface area (TPSA) is 79.2 Å². The Labute approximate surface area is 131 Å². The number of piperidine rings is 1. The van der Waals surface area contributed by atoms with Gasteiger partial charge >= 0.3 is 0 Å². The van der Waals surface area contributed by atoms with Crippen LogP contribution in [0.2, 0.25) is 0 Å². The Bertz CT molecular complexity index is 774. The molecule has 1 saturated heterocycles. The third-order valence-corrected chi connectivity index (χ3v) is 6.33. The van der Waals surface area contributed by atoms with Gasteiger partial charge in [0.15, 0.2) is 0 Å². The summed E-state index contributed by atoms with van der Waals surface area (Å²) >= 11 is 0. The maximum Gasteiger partial charge on any atom is 0.243 e. The quantitative estimate of drug-likeness (QED) is 0.905. The lowest BCUT2D eigenvalue weighted by Crippen LogP contribution is -2.35. The lowest BCUT2D eigenvalue weighted by Gasteiger charge is -2.25. The molecule has 0 bridgehead atoms. The monoisotopic (exact) mass is 321 g/mol. The number of nitrogens with two attached hydrogens (primary N) is 1. The van der Waals surface area contributed by atoms with Gasteiger partial charge in [0.25, 0.3) is 0 Å². The van der Waals surface area contributed by atoms with Gasteiger partial charge in [-0.15, -0.1) is 0 Å². The average molecular weight is 321 g/mol. The highest BCUT2D eigenvalue weighted by atomic mass is 32.2. The summed E-state index contributed by atoms with van der Waals surface area (Å²) in [5.41, 5.74) is 8.83. The number of aryl methyl sites for hydroxylation is 1. The molecule has 2 heterocycles. The molecule has 0 atom stereocenters. The molecule has 120 valence electrons. The fourth-order valence-electron chi connectivity index (χ4n) is 3.24. The number of aromatic amines is 1. The van der Waals surface area contributed by atoms with E-state index >= 15 is 0 Å². The SMILES string of the molecule is Cc1[nH]c2ccc(S(=O)(=O)N3CCCCC3)cc2c1CCN. The van der Waals surface area contributed by atoms with E-state index in [9.17, 15) is 8.42 Å². The van der Waals surface area contributed by atoms with Crippen molar-refractivity contribution in [2.75, 3.05) is 19.6 Å². The van der Waals surface area contributed by atoms with Crippen molar-refractivity contribution in [3.8, 4) is 0 Å². The van der Waals surface area contributed by atoms with Crippen LogP contribution in [0.5, 0.6) is 0 Å². The Morgan fingerprint density at radius 1 is 1.23 bits per heavy atom. The van der Waals surface area contributed by atoms with Crippen molar-refractivity contribution < 1.29 is 8.42 Å². The molecule has 1 fully saturated rings. The highest BCUT2D eigenvalue weighted by molar-refractivity contribution is 7.89. The van der Waals surface area contributed by atoms with E-state index in [1.807, 2.05) is 13.0 Å². The van der Waals surface area contributed by atoms with Crippen molar-refractivity contribution in [3.63, 3.8) is 0 Å². The van der Waals surface area contributed by atoms with E-state index in [0.29, 0.717) is 24.5 Å². The van der Waals surface area contributed by atoms with Crippen molar-refractivity contribution in [1.82, 2.24) is 9.29 Å². The zero-order valence-corrected chi connectivity index (χ0v) is 13.7. The third-order valence-electron chi connectivity index (χ3n) is 4.44. The Morgan fingerprint density at radius 2 is 1.95 bits per heavy atom. The van der Waals surface area contributed by atoms with Crippen LogP contribution in [0.3, 0.4) is 0 Å². The second-order valence-corrected chi connectivity index (χ2v) is 7.88. The molecule has 3 rings (SSSR count). The molecule has 0 aliphatic carbocycles. The molecular weight excluding hydrogens is 298 g/mol. The predicted octanol–water partition coefficient (Wildman–Crippen LogP) is 2.15. The fraction of sp³-hybridized carbons (Fsp3) is 0.500. The van der Waals surface area contributed by atoms with Gasteiger partial charge < -0.3 is 10.7 Å². The van der Waals surface area contributed by atoms with Gasteiger partial charge in [0.05, 0.1) is 4.90 Å². The summed E-state index contributed by atoms with van der Waals surface area (Å²) in [5.74, 6) is 0. The minimum atomic E-state index is -3.39. The smallest absolute Gasteiger partial charge is 0.243 e. The van der Waals surface area contributed by atoms with Crippen LogP contribution in [0.1, 0.15) is 30.5 Å². The van der Waals surface area contributed by atoms with Crippen LogP contribution in [0.25, 0.3) is 10.9 Å². The first-order valence-corrected chi connectivity index (χ1v) is 9.29. The highest BCUT2D eigenvalue weighted by Crippen LogP contribution is 2.28. The molecule has 6 heteroatoms. The second kappa shape index (κ2) is 6.02. The van der Waals surface area contributed by atoms with Crippen LogP contribution in [-0.2, 0) is 16.4 Å². The van der Waals surface area contributed by atoms with Gasteiger partial charge in [0.2, 0.25) is 10.0 Å². The summed E-state index contributed by atoms with van der Waals surface area (Å²) in [7, 11) is -3.39. The molecule has 0 amide bonds. The fourth-order valence-corrected chi connectivity index (χ4v) is 4.79. The highest BCUT2D eigenvalue weighted by Gasteiger charge is 2.26. The molecule has 22 heavy (non-hydrogen) atoms. The number of aromatic nitrogens is 1. The summed E-state index contributed by atoms with van der Waals surface area (Å²) in [6.07, 6.45) is 3.76. The minimum absolute atomic E-state index is 0.388. The Morgan fingerprint density at radius 3 is 2.64 bits per heavy atom. The van der Waals surface area contributed by atoms with Crippen LogP contribution >= 0.6 is 0 Å². The van der Waals surface area contributed by atoms with Gasteiger partial charge in [-0.2, -0.15) is 4.31 Å². The average Bonchev–Trinajstić information content (AvgIpc) is 2.84. The first kappa shape index (κ1) is 15.5. The van der Waals surface area contributed by atoms with Crippen LogP contribution < -0.4 is 5.73 Å². The number of sulfonamides is 1. The molecule has 0 unspecified atom stereocenters. The van der Waals surface area contributed by atoms with E-state index in [2.05, 4.69) is 4.98 Å². The first-order chi connectivity index (χ1) is 10.5. The van der Waals surface area contributed by atoms with Crippen molar-refractivity contribution in [2.45, 2.75) is 37.5 Å². The Kier molecular flexibility index (Phi) is 4.25. The summed E-state index contributed by atoms with van der Waals surface area (Å²) < 4.78 is 27.2. The van der Waals surface area contributed by atoms with Crippen molar-refractivity contribution >= 4 is 20.9 Å². The lowest BCUT2D eigenvalue weighted by molar-refractivity contribution is 0.346. The number of benzene rings is 1. The number of fused-ring (bicyclic) bond motifs is 1. The third kappa shape index (κ3) is 2.66. The van der Waals surface area contributed by atoms with E-state index in [-0.39, 0.29) is 0 Å². The standard InChI is InChI=1S/C16H23N3O2S/c1-12-14(7-8-17)15-11-13(5-6-16(15)18-12)22(20,21)19-9-3-2-4-10-19/h5-6,11,18H,2-4,7-10,17H2,1H3. The Hall–Kier alpha value is -1.37. The van der Waals surface area contributed by atoms with E-state index in [1.165, 1.54) is 0 Å². The van der Waals surface area contributed by atoms with Gasteiger partial charge in [-0.1, -0.05) is 6.42 Å². The summed E-state index contributed by atoms with van der Waals surface area (Å²) in [4.78, 5) is 3.69. The minimum Gasteiger partial charge on any atom is -0.358 e. The van der Waals surface area contributed by atoms with Gasteiger partial charge in [-0.3, -0.25) is 0 Å². The van der Waals surface area contributed by atoms with Crippen LogP contribution in [0, 0.1) is 6.92 Å². The van der Waals surface area contributed by atoms with Gasteiger partial charge in [0.1, 0.15) is 0 Å². The van der Waals surface area contributed by atoms with E-state index in [0.717, 1.165) is 47.8 Å². The zero-order chi connectivity index (χ0) is 15.7. The van der Waals surface area contributed by atoms with Gasteiger partial charge in [-0.25, -0.2) is 8.42 Å². The number of nitrogens with one attached hydrogen (secondary N) is 1. The normalized spacial score (nSPS) is 17.2. The molecule has 1 aromatic carbocycles. The number of nitrogens with zero attached hydrogens (tertiary/aromatic N) is 1. The van der Waals surface area contributed by atoms with Gasteiger partial charge in [-0.05, 0) is 56.5 Å². The number of hydrogen-bond donors (Lipinski definition) is 2. The molecule has 5 nitrogen and oxygen atoms in total. The molecule has 1 aliphatic rings. The zero-order valence-electron chi connectivity index (χ0n) is 12.9. The second-order valence-electron chi connectivity index (χ2n) is 5.94. The summed E-state index contributed by atoms with van der Waals surface area (Å²) in [6.45, 7) is 3.81. The molecule has 3 N–H and O–H groups in total. The summed E-state index contributed by atoms with van der Waals surface area (Å²) in [6, 6.07) is 5.36. The van der Waals surface area contributed by atoms with E-state index in [1.54, 1.807) is 16.4 Å². The van der Waals surface area contributed by atoms with Gasteiger partial charge in [0, 0.05) is 29.7 Å². The van der Waals surface area contributed by atoms with Crippen LogP contribution in [0.4, 0.5) is 0 Å². The van der Waals surface area contributed by atoms with Crippen LogP contribution in [-0.4, -0.2) is 37.3 Å². The maximum absolute atomic E-state index is 12.8. The lowest BCUT2D eigenvalue weighted by atomic mass is 10.1. The number of rotatable bonds is 4. The molecule has 0 radical (unpaired) electrons. The first-order valence-electron chi connectivity index (χ1n) is 7.85. The largest absolute Gasteiger partial charge is 0.358 e. The van der Waals surface area contributed by atoms with E-state index < -0.39 is 10.0 Å². The maximum atomic E-state index is 12.8. The molecule has 0 saturated carbocycles. The number of H-pyrrole nitrogens is 1. The number of hydrogen-bond acceptors (Lipinski definition) is 3. The molecule has 2 aromatic rings. The predicted molar refractivity (Wildman–Crippen MR) is 88.4 cm³/mol. The molecule has 0 spiro atoms. The van der Waals surface area contributed by atoms with Crippen LogP contribution in [0.15, 0.2) is 23.1 Å². The van der Waals surface area contributed by atoms with E-state index in [4.69, 9.17) is 5.73 Å². The Balaban J connectivity index is 2.05. The van der Waals surface area contributed by atoms with Crippen molar-refractivity contribution in [3.05, 3.63) is 29.5 Å². The molecule has 1 aromatic heterocycles. The molecular formula is C16H23N3O2S. The summed E-state index contributed by atoms with van der Waals surface area (Å²) in [5, 5.41) is 0.973. The van der Waals surface area contributed by atoms with Crippen molar-refractivity contribution in [2.24, 2.45) is 5.73 Å². The van der Waals surface area contributed by atoms with Crippen molar-refractivity contribution in [1.29, 1.82) is 0 Å². The molecule has 1 aliphatic heterocycles.